The topological polar surface area (TPSA) is 101 Å². The van der Waals surface area contributed by atoms with Gasteiger partial charge in [-0.1, -0.05) is 0 Å². The molecule has 3 N–H and O–H groups in total. The highest BCUT2D eigenvalue weighted by atomic mass is 16.4. The Morgan fingerprint density at radius 3 is 2.21 bits per heavy atom. The van der Waals surface area contributed by atoms with Crippen molar-refractivity contribution >= 4 is 29.0 Å². The lowest BCUT2D eigenvalue weighted by Gasteiger charge is -2.22. The standard InChI is InChI=1S/C13H16N2O4/c1-7-4-10(14)11(5-8(7)2)15(6-12(17)18)13(19)9(3)16/h4-5H,6,14H2,1-3H3,(H,17,18). The lowest BCUT2D eigenvalue weighted by atomic mass is 10.1. The SMILES string of the molecule is CC(=O)C(=O)N(CC(=O)O)c1cc(C)c(C)cc1N. The summed E-state index contributed by atoms with van der Waals surface area (Å²) in [5.41, 5.74) is 8.09. The van der Waals surface area contributed by atoms with Gasteiger partial charge in [0.05, 0.1) is 11.4 Å². The molecule has 0 heterocycles. The molecule has 1 aromatic carbocycles. The molecule has 0 saturated carbocycles. The lowest BCUT2D eigenvalue weighted by Crippen LogP contribution is -2.39. The van der Waals surface area contributed by atoms with Gasteiger partial charge in [-0.15, -0.1) is 0 Å². The number of amides is 1. The van der Waals surface area contributed by atoms with E-state index in [2.05, 4.69) is 0 Å². The van der Waals surface area contributed by atoms with Crippen molar-refractivity contribution in [1.82, 2.24) is 0 Å². The fourth-order valence-electron chi connectivity index (χ4n) is 1.65. The zero-order chi connectivity index (χ0) is 14.7. The van der Waals surface area contributed by atoms with Crippen molar-refractivity contribution in [2.75, 3.05) is 17.2 Å². The number of carboxylic acid groups (broad SMARTS) is 1. The van der Waals surface area contributed by atoms with Crippen LogP contribution >= 0.6 is 0 Å². The number of ketones is 1. The third kappa shape index (κ3) is 3.31. The summed E-state index contributed by atoms with van der Waals surface area (Å²) in [7, 11) is 0. The van der Waals surface area contributed by atoms with Crippen LogP contribution in [0.1, 0.15) is 18.1 Å². The second-order valence-corrected chi connectivity index (χ2v) is 4.34. The van der Waals surface area contributed by atoms with Crippen molar-refractivity contribution < 1.29 is 19.5 Å². The van der Waals surface area contributed by atoms with Crippen LogP contribution in [0.25, 0.3) is 0 Å². The molecule has 6 heteroatoms. The fourth-order valence-corrected chi connectivity index (χ4v) is 1.65. The number of aryl methyl sites for hydroxylation is 2. The molecule has 1 rings (SSSR count). The number of benzene rings is 1. The van der Waals surface area contributed by atoms with Crippen LogP contribution in [-0.4, -0.2) is 29.3 Å². The minimum Gasteiger partial charge on any atom is -0.480 e. The first kappa shape index (κ1) is 14.7. The van der Waals surface area contributed by atoms with Gasteiger partial charge in [0.1, 0.15) is 6.54 Å². The molecule has 1 amide bonds. The van der Waals surface area contributed by atoms with Crippen molar-refractivity contribution in [2.45, 2.75) is 20.8 Å². The average molecular weight is 264 g/mol. The summed E-state index contributed by atoms with van der Waals surface area (Å²) in [6.07, 6.45) is 0. The second kappa shape index (κ2) is 5.51. The third-order valence-corrected chi connectivity index (χ3v) is 2.77. The van der Waals surface area contributed by atoms with Crippen LogP contribution in [0.5, 0.6) is 0 Å². The van der Waals surface area contributed by atoms with Crippen LogP contribution in [0.3, 0.4) is 0 Å². The molecule has 102 valence electrons. The summed E-state index contributed by atoms with van der Waals surface area (Å²) in [5.74, 6) is -2.84. The van der Waals surface area contributed by atoms with E-state index in [1.807, 2.05) is 13.8 Å². The van der Waals surface area contributed by atoms with Crippen LogP contribution in [0.15, 0.2) is 12.1 Å². The summed E-state index contributed by atoms with van der Waals surface area (Å²) in [5, 5.41) is 8.84. The Hall–Kier alpha value is -2.37. The third-order valence-electron chi connectivity index (χ3n) is 2.77. The predicted molar refractivity (Wildman–Crippen MR) is 71.0 cm³/mol. The first-order chi connectivity index (χ1) is 8.73. The van der Waals surface area contributed by atoms with Gasteiger partial charge in [-0.2, -0.15) is 0 Å². The van der Waals surface area contributed by atoms with E-state index in [0.29, 0.717) is 0 Å². The quantitative estimate of drug-likeness (QED) is 0.621. The Bertz CT molecular complexity index is 552. The maximum Gasteiger partial charge on any atom is 0.323 e. The number of carbonyl (C=O) groups is 3. The number of nitrogens with zero attached hydrogens (tertiary/aromatic N) is 1. The van der Waals surface area contributed by atoms with Crippen molar-refractivity contribution in [1.29, 1.82) is 0 Å². The monoisotopic (exact) mass is 264 g/mol. The Labute approximate surface area is 110 Å². The molecule has 0 bridgehead atoms. The highest BCUT2D eigenvalue weighted by Crippen LogP contribution is 2.27. The fraction of sp³-hybridized carbons (Fsp3) is 0.308. The normalized spacial score (nSPS) is 10.1. The van der Waals surface area contributed by atoms with Gasteiger partial charge >= 0.3 is 5.97 Å². The first-order valence-electron chi connectivity index (χ1n) is 5.65. The number of aliphatic carboxylic acids is 1. The molecule has 0 spiro atoms. The molecule has 0 aliphatic rings. The summed E-state index contributed by atoms with van der Waals surface area (Å²) in [6, 6.07) is 3.25. The van der Waals surface area contributed by atoms with Gasteiger partial charge in [0.15, 0.2) is 0 Å². The molecule has 6 nitrogen and oxygen atoms in total. The van der Waals surface area contributed by atoms with E-state index < -0.39 is 24.2 Å². The number of nitrogen functional groups attached to an aromatic ring is 1. The number of nitrogens with two attached hydrogens (primary N) is 1. The van der Waals surface area contributed by atoms with Gasteiger partial charge in [0.2, 0.25) is 5.78 Å². The molecule has 0 atom stereocenters. The Kier molecular flexibility index (Phi) is 4.26. The minimum atomic E-state index is -1.22. The molecule has 19 heavy (non-hydrogen) atoms. The molecule has 0 radical (unpaired) electrons. The number of carbonyl (C=O) groups excluding carboxylic acids is 2. The largest absolute Gasteiger partial charge is 0.480 e. The molecule has 0 aromatic heterocycles. The van der Waals surface area contributed by atoms with Crippen LogP contribution in [0.4, 0.5) is 11.4 Å². The molecule has 0 unspecified atom stereocenters. The number of rotatable bonds is 4. The van der Waals surface area contributed by atoms with E-state index in [4.69, 9.17) is 10.8 Å². The van der Waals surface area contributed by atoms with Crippen molar-refractivity contribution in [2.24, 2.45) is 0 Å². The summed E-state index contributed by atoms with van der Waals surface area (Å²) < 4.78 is 0. The van der Waals surface area contributed by atoms with Crippen LogP contribution in [0.2, 0.25) is 0 Å². The van der Waals surface area contributed by atoms with Gasteiger partial charge in [0.25, 0.3) is 5.91 Å². The summed E-state index contributed by atoms with van der Waals surface area (Å²) in [6.45, 7) is 4.15. The average Bonchev–Trinajstić information content (AvgIpc) is 2.30. The first-order valence-corrected chi connectivity index (χ1v) is 5.65. The van der Waals surface area contributed by atoms with E-state index in [0.717, 1.165) is 23.0 Å². The molecule has 0 aliphatic heterocycles. The van der Waals surface area contributed by atoms with Gasteiger partial charge < -0.3 is 10.8 Å². The van der Waals surface area contributed by atoms with Crippen LogP contribution < -0.4 is 10.6 Å². The van der Waals surface area contributed by atoms with Gasteiger partial charge in [-0.3, -0.25) is 19.3 Å². The number of Topliss-reactive ketones (excluding diaryl/α,β-unsaturated/α-hetero) is 1. The summed E-state index contributed by atoms with van der Waals surface area (Å²) >= 11 is 0. The van der Waals surface area contributed by atoms with E-state index in [1.165, 1.54) is 0 Å². The number of carboxylic acids is 1. The molecular formula is C13H16N2O4. The van der Waals surface area contributed by atoms with Crippen molar-refractivity contribution in [3.63, 3.8) is 0 Å². The van der Waals surface area contributed by atoms with E-state index in [-0.39, 0.29) is 11.4 Å². The van der Waals surface area contributed by atoms with E-state index >= 15 is 0 Å². The molecular weight excluding hydrogens is 248 g/mol. The Morgan fingerprint density at radius 2 is 1.74 bits per heavy atom. The molecule has 0 fully saturated rings. The zero-order valence-corrected chi connectivity index (χ0v) is 11.1. The van der Waals surface area contributed by atoms with Gasteiger partial charge in [-0.05, 0) is 37.1 Å². The van der Waals surface area contributed by atoms with Crippen LogP contribution in [0, 0.1) is 13.8 Å². The zero-order valence-electron chi connectivity index (χ0n) is 11.1. The summed E-state index contributed by atoms with van der Waals surface area (Å²) in [4.78, 5) is 34.7. The molecule has 0 saturated heterocycles. The highest BCUT2D eigenvalue weighted by Gasteiger charge is 2.24. The van der Waals surface area contributed by atoms with Crippen LogP contribution in [-0.2, 0) is 14.4 Å². The van der Waals surface area contributed by atoms with Crippen molar-refractivity contribution in [3.05, 3.63) is 23.3 Å². The van der Waals surface area contributed by atoms with E-state index in [1.54, 1.807) is 12.1 Å². The second-order valence-electron chi connectivity index (χ2n) is 4.34. The Balaban J connectivity index is 3.32. The smallest absolute Gasteiger partial charge is 0.323 e. The number of hydrogen-bond acceptors (Lipinski definition) is 4. The van der Waals surface area contributed by atoms with Gasteiger partial charge in [0, 0.05) is 6.92 Å². The number of hydrogen-bond donors (Lipinski definition) is 2. The molecule has 0 aliphatic carbocycles. The molecule has 1 aromatic rings. The number of anilines is 2. The highest BCUT2D eigenvalue weighted by molar-refractivity contribution is 6.41. The van der Waals surface area contributed by atoms with Crippen molar-refractivity contribution in [3.8, 4) is 0 Å². The lowest BCUT2D eigenvalue weighted by molar-refractivity contribution is -0.138. The maximum absolute atomic E-state index is 11.8. The van der Waals surface area contributed by atoms with Gasteiger partial charge in [-0.25, -0.2) is 0 Å². The van der Waals surface area contributed by atoms with E-state index in [9.17, 15) is 14.4 Å². The Morgan fingerprint density at radius 1 is 1.21 bits per heavy atom. The predicted octanol–water partition coefficient (Wildman–Crippen LogP) is 0.892. The minimum absolute atomic E-state index is 0.241. The maximum atomic E-state index is 11.8.